The normalized spacial score (nSPS) is 11.7. The number of rotatable bonds is 4. The van der Waals surface area contributed by atoms with Gasteiger partial charge in [0.25, 0.3) is 0 Å². The van der Waals surface area contributed by atoms with Crippen LogP contribution in [0.15, 0.2) is 152 Å². The molecule has 0 amide bonds. The topological polar surface area (TPSA) is 24.1 Å². The summed E-state index contributed by atoms with van der Waals surface area (Å²) in [4.78, 5) is 0. The van der Waals surface area contributed by atoms with Crippen LogP contribution in [0.5, 0.6) is 0 Å². The Morgan fingerprint density at radius 2 is 0.556 bits per heavy atom. The van der Waals surface area contributed by atoms with Crippen molar-refractivity contribution in [2.75, 3.05) is 10.6 Å². The molecule has 9 aromatic rings. The molecule has 0 atom stereocenters. The quantitative estimate of drug-likeness (QED) is 0.198. The van der Waals surface area contributed by atoms with Crippen molar-refractivity contribution in [3.8, 4) is 0 Å². The molecule has 2 nitrogen and oxygen atoms in total. The fourth-order valence-electron chi connectivity index (χ4n) is 7.04. The summed E-state index contributed by atoms with van der Waals surface area (Å²) in [5, 5.41) is 23.0. The maximum absolute atomic E-state index is 6.68. The second-order valence-corrected chi connectivity index (χ2v) is 12.1. The van der Waals surface area contributed by atoms with Crippen molar-refractivity contribution in [3.05, 3.63) is 157 Å². The van der Waals surface area contributed by atoms with Crippen molar-refractivity contribution >= 4 is 99.0 Å². The first-order valence-electron chi connectivity index (χ1n) is 15.2. The zero-order valence-corrected chi connectivity index (χ0v) is 25.1. The molecule has 0 saturated heterocycles. The number of nitrogens with one attached hydrogen (secondary N) is 2. The van der Waals surface area contributed by atoms with Crippen LogP contribution in [0.4, 0.5) is 22.7 Å². The summed E-state index contributed by atoms with van der Waals surface area (Å²) in [6.07, 6.45) is 0. The number of halogens is 1. The van der Waals surface area contributed by atoms with Crippen molar-refractivity contribution in [1.29, 1.82) is 0 Å². The van der Waals surface area contributed by atoms with Crippen molar-refractivity contribution in [3.63, 3.8) is 0 Å². The lowest BCUT2D eigenvalue weighted by Crippen LogP contribution is -1.95. The van der Waals surface area contributed by atoms with Crippen LogP contribution < -0.4 is 10.6 Å². The van der Waals surface area contributed by atoms with Gasteiger partial charge in [-0.25, -0.2) is 0 Å². The van der Waals surface area contributed by atoms with Gasteiger partial charge in [0.1, 0.15) is 0 Å². The van der Waals surface area contributed by atoms with Crippen molar-refractivity contribution in [2.24, 2.45) is 0 Å². The van der Waals surface area contributed by atoms with E-state index in [1.165, 1.54) is 64.6 Å². The highest BCUT2D eigenvalue weighted by Crippen LogP contribution is 2.39. The molecule has 45 heavy (non-hydrogen) atoms. The molecule has 3 heteroatoms. The predicted octanol–water partition coefficient (Wildman–Crippen LogP) is 12.7. The van der Waals surface area contributed by atoms with Gasteiger partial charge in [0, 0.05) is 27.8 Å². The summed E-state index contributed by atoms with van der Waals surface area (Å²) in [6, 6.07) is 53.9. The average molecular weight is 595 g/mol. The van der Waals surface area contributed by atoms with Gasteiger partial charge in [-0.1, -0.05) is 121 Å². The van der Waals surface area contributed by atoms with Crippen LogP contribution in [0.1, 0.15) is 0 Å². The van der Waals surface area contributed by atoms with E-state index in [4.69, 9.17) is 11.6 Å². The van der Waals surface area contributed by atoms with Crippen LogP contribution in [-0.4, -0.2) is 0 Å². The molecule has 0 aliphatic heterocycles. The van der Waals surface area contributed by atoms with E-state index in [9.17, 15) is 0 Å². The van der Waals surface area contributed by atoms with E-state index in [2.05, 4.69) is 150 Å². The summed E-state index contributed by atoms with van der Waals surface area (Å²) in [5.41, 5.74) is 3.87. The van der Waals surface area contributed by atoms with Crippen LogP contribution in [0.3, 0.4) is 0 Å². The predicted molar refractivity (Wildman–Crippen MR) is 196 cm³/mol. The summed E-state index contributed by atoms with van der Waals surface area (Å²) >= 11 is 6.68. The Morgan fingerprint density at radius 1 is 0.267 bits per heavy atom. The van der Waals surface area contributed by atoms with Gasteiger partial charge in [-0.2, -0.15) is 0 Å². The number of benzene rings is 9. The third-order valence-corrected chi connectivity index (χ3v) is 9.18. The molecule has 2 N–H and O–H groups in total. The fraction of sp³-hybridized carbons (Fsp3) is 0. The van der Waals surface area contributed by atoms with E-state index >= 15 is 0 Å². The van der Waals surface area contributed by atoms with Crippen molar-refractivity contribution < 1.29 is 0 Å². The second-order valence-electron chi connectivity index (χ2n) is 11.7. The zero-order chi connectivity index (χ0) is 29.9. The van der Waals surface area contributed by atoms with Gasteiger partial charge >= 0.3 is 0 Å². The third kappa shape index (κ3) is 4.34. The minimum absolute atomic E-state index is 0.664. The SMILES string of the molecule is Clc1cc(Nc2ccc3c4ccccc4c4ccccc4c3c2)cc(Nc2ccc3c4ccccc4c4ccccc4c3c2)c1. The molecule has 0 heterocycles. The summed E-state index contributed by atoms with van der Waals surface area (Å²) < 4.78 is 0. The molecular formula is C42H27ClN2. The number of hydrogen-bond acceptors (Lipinski definition) is 2. The molecule has 9 rings (SSSR count). The lowest BCUT2D eigenvalue weighted by Gasteiger charge is -2.15. The fourth-order valence-corrected chi connectivity index (χ4v) is 7.27. The third-order valence-electron chi connectivity index (χ3n) is 8.96. The lowest BCUT2D eigenvalue weighted by molar-refractivity contribution is 1.53. The van der Waals surface area contributed by atoms with Gasteiger partial charge in [0.2, 0.25) is 0 Å². The smallest absolute Gasteiger partial charge is 0.0447 e. The van der Waals surface area contributed by atoms with Crippen LogP contribution in [0.2, 0.25) is 5.02 Å². The molecule has 0 spiro atoms. The Balaban J connectivity index is 1.10. The monoisotopic (exact) mass is 594 g/mol. The number of fused-ring (bicyclic) bond motifs is 12. The highest BCUT2D eigenvalue weighted by Gasteiger charge is 2.11. The lowest BCUT2D eigenvalue weighted by atomic mass is 9.94. The number of hydrogen-bond donors (Lipinski definition) is 2. The highest BCUT2D eigenvalue weighted by atomic mass is 35.5. The van der Waals surface area contributed by atoms with Gasteiger partial charge in [-0.3, -0.25) is 0 Å². The van der Waals surface area contributed by atoms with E-state index in [1.54, 1.807) is 0 Å². The van der Waals surface area contributed by atoms with Crippen LogP contribution in [0.25, 0.3) is 64.6 Å². The van der Waals surface area contributed by atoms with E-state index in [0.29, 0.717) is 5.02 Å². The molecule has 0 aromatic heterocycles. The van der Waals surface area contributed by atoms with Gasteiger partial charge in [0.05, 0.1) is 0 Å². The summed E-state index contributed by atoms with van der Waals surface area (Å²) in [7, 11) is 0. The van der Waals surface area contributed by atoms with Gasteiger partial charge in [-0.15, -0.1) is 0 Å². The van der Waals surface area contributed by atoms with Crippen molar-refractivity contribution in [1.82, 2.24) is 0 Å². The standard InChI is InChI=1S/C42H27ClN2/c43-26-21-29(44-27-17-19-39-35-13-3-1-9-31(35)33-11-5-7-15-37(33)41(39)24-27)23-30(22-26)45-28-18-20-40-36-14-4-2-10-32(36)34-12-6-8-16-38(34)42(40)25-28/h1-25,44-45H. The second kappa shape index (κ2) is 10.3. The Kier molecular flexibility index (Phi) is 5.90. The minimum Gasteiger partial charge on any atom is -0.355 e. The molecule has 0 fully saturated rings. The zero-order valence-electron chi connectivity index (χ0n) is 24.3. The minimum atomic E-state index is 0.664. The van der Waals surface area contributed by atoms with Crippen LogP contribution in [-0.2, 0) is 0 Å². The molecule has 212 valence electrons. The molecule has 0 saturated carbocycles. The maximum Gasteiger partial charge on any atom is 0.0447 e. The summed E-state index contributed by atoms with van der Waals surface area (Å²) in [5.74, 6) is 0. The first kappa shape index (κ1) is 25.9. The molecular weight excluding hydrogens is 568 g/mol. The molecule has 0 unspecified atom stereocenters. The Labute approximate surface area is 265 Å². The van der Waals surface area contributed by atoms with E-state index < -0.39 is 0 Å². The Morgan fingerprint density at radius 3 is 0.889 bits per heavy atom. The van der Waals surface area contributed by atoms with Gasteiger partial charge in [-0.05, 0) is 107 Å². The van der Waals surface area contributed by atoms with Crippen LogP contribution >= 0.6 is 11.6 Å². The van der Waals surface area contributed by atoms with E-state index in [-0.39, 0.29) is 0 Å². The molecule has 0 radical (unpaired) electrons. The summed E-state index contributed by atoms with van der Waals surface area (Å²) in [6.45, 7) is 0. The number of anilines is 4. The average Bonchev–Trinajstić information content (AvgIpc) is 3.08. The first-order valence-corrected chi connectivity index (χ1v) is 15.6. The Bertz CT molecular complexity index is 2370. The van der Waals surface area contributed by atoms with Crippen molar-refractivity contribution in [2.45, 2.75) is 0 Å². The largest absolute Gasteiger partial charge is 0.355 e. The maximum atomic E-state index is 6.68. The molecule has 0 bridgehead atoms. The highest BCUT2D eigenvalue weighted by molar-refractivity contribution is 6.31. The van der Waals surface area contributed by atoms with Crippen LogP contribution in [0, 0.1) is 0 Å². The molecule has 0 aliphatic carbocycles. The van der Waals surface area contributed by atoms with E-state index in [1.807, 2.05) is 12.1 Å². The Hall–Kier alpha value is -5.57. The molecule has 9 aromatic carbocycles. The first-order chi connectivity index (χ1) is 22.2. The van der Waals surface area contributed by atoms with Gasteiger partial charge in [0.15, 0.2) is 0 Å². The molecule has 0 aliphatic rings. The van der Waals surface area contributed by atoms with E-state index in [0.717, 1.165) is 22.7 Å². The van der Waals surface area contributed by atoms with Gasteiger partial charge < -0.3 is 10.6 Å².